The van der Waals surface area contributed by atoms with Crippen LogP contribution in [-0.4, -0.2) is 23.0 Å². The zero-order chi connectivity index (χ0) is 7.40. The number of rotatable bonds is 3. The normalized spacial score (nSPS) is 10.2. The van der Waals surface area contributed by atoms with Crippen LogP contribution in [-0.2, 0) is 6.42 Å². The smallest absolute Gasteiger partial charge is 0.118 e. The summed E-state index contributed by atoms with van der Waals surface area (Å²) in [5, 5.41) is 7.97. The number of H-pyrrole nitrogens is 1. The number of hydrogen-bond acceptors (Lipinski definition) is 3. The van der Waals surface area contributed by atoms with Crippen molar-refractivity contribution < 1.29 is 0 Å². The fraction of sp³-hybridized carbons (Fsp3) is 0.500. The van der Waals surface area contributed by atoms with Gasteiger partial charge in [-0.2, -0.15) is 5.10 Å². The molecule has 0 aliphatic carbocycles. The monoisotopic (exact) mass is 157 g/mol. The van der Waals surface area contributed by atoms with Crippen molar-refractivity contribution in [3.63, 3.8) is 0 Å². The van der Waals surface area contributed by atoms with Gasteiger partial charge in [-0.1, -0.05) is 0 Å². The number of aromatic amines is 1. The van der Waals surface area contributed by atoms with Gasteiger partial charge in [-0.25, -0.2) is 0 Å². The van der Waals surface area contributed by atoms with Gasteiger partial charge in [0.15, 0.2) is 0 Å². The Hall–Kier alpha value is -0.480. The molecule has 0 aliphatic rings. The highest BCUT2D eigenvalue weighted by molar-refractivity contribution is 7.98. The second-order valence-electron chi connectivity index (χ2n) is 1.97. The largest absolute Gasteiger partial charge is 0.330 e. The Morgan fingerprint density at radius 2 is 2.60 bits per heavy atom. The Bertz CT molecular complexity index is 197. The first-order chi connectivity index (χ1) is 4.86. The Balaban J connectivity index is 2.59. The molecule has 3 nitrogen and oxygen atoms in total. The Morgan fingerprint density at radius 1 is 1.80 bits per heavy atom. The summed E-state index contributed by atoms with van der Waals surface area (Å²) in [7, 11) is 0. The number of hydrogen-bond donors (Lipinski definition) is 2. The van der Waals surface area contributed by atoms with Crippen molar-refractivity contribution >= 4 is 11.8 Å². The summed E-state index contributed by atoms with van der Waals surface area (Å²) in [6, 6.07) is 2.03. The molecule has 0 radical (unpaired) electrons. The predicted octanol–water partition coefficient (Wildman–Crippen LogP) is 0.633. The van der Waals surface area contributed by atoms with Gasteiger partial charge >= 0.3 is 0 Å². The molecule has 0 atom stereocenters. The molecule has 0 saturated carbocycles. The van der Waals surface area contributed by atoms with E-state index in [1.165, 1.54) is 0 Å². The molecular weight excluding hydrogens is 146 g/mol. The van der Waals surface area contributed by atoms with E-state index in [2.05, 4.69) is 10.2 Å². The lowest BCUT2D eigenvalue weighted by molar-refractivity contribution is 0.892. The molecular formula is C6H11N3S. The van der Waals surface area contributed by atoms with E-state index in [-0.39, 0.29) is 0 Å². The Kier molecular flexibility index (Phi) is 2.77. The summed E-state index contributed by atoms with van der Waals surface area (Å²) < 4.78 is 0. The zero-order valence-corrected chi connectivity index (χ0v) is 6.74. The van der Waals surface area contributed by atoms with Crippen molar-refractivity contribution in [2.24, 2.45) is 5.73 Å². The quantitative estimate of drug-likeness (QED) is 0.633. The van der Waals surface area contributed by atoms with E-state index in [1.807, 2.05) is 12.3 Å². The van der Waals surface area contributed by atoms with Crippen LogP contribution < -0.4 is 5.73 Å². The summed E-state index contributed by atoms with van der Waals surface area (Å²) in [5.41, 5.74) is 6.47. The van der Waals surface area contributed by atoms with Crippen molar-refractivity contribution in [2.45, 2.75) is 11.4 Å². The van der Waals surface area contributed by atoms with Gasteiger partial charge in [-0.15, -0.1) is 11.8 Å². The molecule has 0 unspecified atom stereocenters. The molecule has 1 heterocycles. The molecule has 0 amide bonds. The molecule has 1 aromatic heterocycles. The second kappa shape index (κ2) is 3.63. The summed E-state index contributed by atoms with van der Waals surface area (Å²) >= 11 is 1.63. The number of nitrogens with zero attached hydrogens (tertiary/aromatic N) is 1. The van der Waals surface area contributed by atoms with E-state index in [0.717, 1.165) is 17.1 Å². The van der Waals surface area contributed by atoms with Crippen LogP contribution in [0.25, 0.3) is 0 Å². The van der Waals surface area contributed by atoms with Gasteiger partial charge in [-0.3, -0.25) is 5.10 Å². The fourth-order valence-electron chi connectivity index (χ4n) is 0.729. The third kappa shape index (κ3) is 1.75. The standard InChI is InChI=1S/C6H11N3S/c1-10-6-4-5(2-3-7)8-9-6/h4H,2-3,7H2,1H3,(H,8,9). The minimum absolute atomic E-state index is 0.677. The Morgan fingerprint density at radius 3 is 3.10 bits per heavy atom. The number of thioether (sulfide) groups is 1. The molecule has 0 fully saturated rings. The van der Waals surface area contributed by atoms with Crippen molar-refractivity contribution in [3.05, 3.63) is 11.8 Å². The molecule has 56 valence electrons. The van der Waals surface area contributed by atoms with Gasteiger partial charge in [-0.05, 0) is 18.9 Å². The average molecular weight is 157 g/mol. The molecule has 0 aromatic carbocycles. The summed E-state index contributed by atoms with van der Waals surface area (Å²) in [6.07, 6.45) is 2.88. The summed E-state index contributed by atoms with van der Waals surface area (Å²) in [5.74, 6) is 0. The van der Waals surface area contributed by atoms with E-state index in [9.17, 15) is 0 Å². The minimum Gasteiger partial charge on any atom is -0.330 e. The van der Waals surface area contributed by atoms with Gasteiger partial charge in [0.05, 0.1) is 0 Å². The van der Waals surface area contributed by atoms with Crippen LogP contribution in [0, 0.1) is 0 Å². The number of nitrogens with one attached hydrogen (secondary N) is 1. The lowest BCUT2D eigenvalue weighted by Crippen LogP contribution is -2.02. The van der Waals surface area contributed by atoms with Crippen molar-refractivity contribution in [1.29, 1.82) is 0 Å². The van der Waals surface area contributed by atoms with E-state index < -0.39 is 0 Å². The van der Waals surface area contributed by atoms with E-state index in [4.69, 9.17) is 5.73 Å². The van der Waals surface area contributed by atoms with Crippen LogP contribution in [0.4, 0.5) is 0 Å². The molecule has 3 N–H and O–H groups in total. The lowest BCUT2D eigenvalue weighted by atomic mass is 10.3. The predicted molar refractivity (Wildman–Crippen MR) is 43.1 cm³/mol. The van der Waals surface area contributed by atoms with Crippen LogP contribution >= 0.6 is 11.8 Å². The minimum atomic E-state index is 0.677. The number of nitrogens with two attached hydrogens (primary N) is 1. The highest BCUT2D eigenvalue weighted by Gasteiger charge is 1.96. The first kappa shape index (κ1) is 7.63. The number of aromatic nitrogens is 2. The molecule has 4 heteroatoms. The highest BCUT2D eigenvalue weighted by atomic mass is 32.2. The molecule has 1 rings (SSSR count). The van der Waals surface area contributed by atoms with Crippen LogP contribution in [0.3, 0.4) is 0 Å². The van der Waals surface area contributed by atoms with Gasteiger partial charge in [0, 0.05) is 12.1 Å². The maximum atomic E-state index is 5.36. The molecule has 0 saturated heterocycles. The maximum Gasteiger partial charge on any atom is 0.118 e. The molecule has 0 bridgehead atoms. The van der Waals surface area contributed by atoms with Crippen molar-refractivity contribution in [1.82, 2.24) is 10.2 Å². The van der Waals surface area contributed by atoms with Crippen LogP contribution in [0.1, 0.15) is 5.69 Å². The van der Waals surface area contributed by atoms with E-state index >= 15 is 0 Å². The Labute approximate surface area is 64.4 Å². The van der Waals surface area contributed by atoms with Crippen LogP contribution in [0.5, 0.6) is 0 Å². The average Bonchev–Trinajstić information content (AvgIpc) is 2.37. The van der Waals surface area contributed by atoms with Crippen LogP contribution in [0.2, 0.25) is 0 Å². The topological polar surface area (TPSA) is 54.7 Å². The second-order valence-corrected chi connectivity index (χ2v) is 2.80. The SMILES string of the molecule is CSc1cc(CCN)[nH]n1. The van der Waals surface area contributed by atoms with Crippen molar-refractivity contribution in [2.75, 3.05) is 12.8 Å². The first-order valence-electron chi connectivity index (χ1n) is 3.15. The van der Waals surface area contributed by atoms with E-state index in [0.29, 0.717) is 6.54 Å². The molecule has 1 aromatic rings. The van der Waals surface area contributed by atoms with Gasteiger partial charge in [0.1, 0.15) is 5.03 Å². The van der Waals surface area contributed by atoms with Gasteiger partial charge in [0.2, 0.25) is 0 Å². The third-order valence-electron chi connectivity index (χ3n) is 1.23. The lowest BCUT2D eigenvalue weighted by Gasteiger charge is -1.87. The third-order valence-corrected chi connectivity index (χ3v) is 1.86. The highest BCUT2D eigenvalue weighted by Crippen LogP contribution is 2.11. The van der Waals surface area contributed by atoms with Crippen molar-refractivity contribution in [3.8, 4) is 0 Å². The molecule has 0 spiro atoms. The fourth-order valence-corrected chi connectivity index (χ4v) is 1.13. The van der Waals surface area contributed by atoms with Gasteiger partial charge < -0.3 is 5.73 Å². The zero-order valence-electron chi connectivity index (χ0n) is 5.92. The van der Waals surface area contributed by atoms with Gasteiger partial charge in [0.25, 0.3) is 0 Å². The molecule has 10 heavy (non-hydrogen) atoms. The maximum absolute atomic E-state index is 5.36. The molecule has 0 aliphatic heterocycles. The summed E-state index contributed by atoms with van der Waals surface area (Å²) in [4.78, 5) is 0. The van der Waals surface area contributed by atoms with Crippen LogP contribution in [0.15, 0.2) is 11.1 Å². The van der Waals surface area contributed by atoms with E-state index in [1.54, 1.807) is 11.8 Å². The summed E-state index contributed by atoms with van der Waals surface area (Å²) in [6.45, 7) is 0.677. The first-order valence-corrected chi connectivity index (χ1v) is 4.37.